The molecule has 1 fully saturated rings. The molecule has 0 spiro atoms. The summed E-state index contributed by atoms with van der Waals surface area (Å²) in [5.74, 6) is 0. The van der Waals surface area contributed by atoms with E-state index in [2.05, 4.69) is 4.99 Å². The van der Waals surface area contributed by atoms with E-state index in [9.17, 15) is 4.39 Å². The maximum absolute atomic E-state index is 13.5. The third kappa shape index (κ3) is 1.64. The largest absolute Gasteiger partial charge is 0.348 e. The summed E-state index contributed by atoms with van der Waals surface area (Å²) in [6.07, 6.45) is 3.10. The molecular formula is C8H9FINO2. The zero-order valence-corrected chi connectivity index (χ0v) is 8.98. The fraction of sp³-hybridized carbons (Fsp3) is 0.625. The molecule has 3 nitrogen and oxygen atoms in total. The molecule has 2 heterocycles. The molecule has 0 aromatic heterocycles. The van der Waals surface area contributed by atoms with Gasteiger partial charge in [-0.1, -0.05) is 28.7 Å². The quantitative estimate of drug-likeness (QED) is 0.417. The zero-order valence-electron chi connectivity index (χ0n) is 6.82. The molecule has 0 amide bonds. The molecule has 5 heteroatoms. The van der Waals surface area contributed by atoms with Gasteiger partial charge < -0.3 is 9.47 Å². The van der Waals surface area contributed by atoms with Crippen LogP contribution in [0.2, 0.25) is 0 Å². The lowest BCUT2D eigenvalue weighted by Crippen LogP contribution is -2.44. The van der Waals surface area contributed by atoms with Crippen LogP contribution in [-0.4, -0.2) is 35.4 Å². The van der Waals surface area contributed by atoms with Gasteiger partial charge >= 0.3 is 0 Å². The molecule has 2 aliphatic rings. The number of nitrogens with zero attached hydrogens (tertiary/aromatic N) is 1. The summed E-state index contributed by atoms with van der Waals surface area (Å²) in [7, 11) is 0. The van der Waals surface area contributed by atoms with Gasteiger partial charge in [0.2, 0.25) is 6.30 Å². The summed E-state index contributed by atoms with van der Waals surface area (Å²) in [5.41, 5.74) is 0. The van der Waals surface area contributed by atoms with Crippen molar-refractivity contribution < 1.29 is 13.9 Å². The van der Waals surface area contributed by atoms with Crippen LogP contribution in [-0.2, 0) is 9.47 Å². The Labute approximate surface area is 89.1 Å². The normalized spacial score (nSPS) is 40.0. The van der Waals surface area contributed by atoms with E-state index in [-0.39, 0.29) is 0 Å². The van der Waals surface area contributed by atoms with E-state index in [4.69, 9.17) is 9.47 Å². The zero-order chi connectivity index (χ0) is 9.31. The van der Waals surface area contributed by atoms with Crippen molar-refractivity contribution in [2.45, 2.75) is 16.0 Å². The second-order valence-corrected chi connectivity index (χ2v) is 4.76. The molecule has 2 atom stereocenters. The molecular weight excluding hydrogens is 288 g/mol. The average molecular weight is 297 g/mol. The summed E-state index contributed by atoms with van der Waals surface area (Å²) < 4.78 is 23.2. The van der Waals surface area contributed by atoms with Crippen molar-refractivity contribution in [2.75, 3.05) is 13.2 Å². The SMILES string of the molecule is FC1N=CC=CC1(I)C1OCCO1. The lowest BCUT2D eigenvalue weighted by Gasteiger charge is -2.31. The molecule has 0 aromatic rings. The molecule has 2 aliphatic heterocycles. The highest BCUT2D eigenvalue weighted by atomic mass is 127. The monoisotopic (exact) mass is 297 g/mol. The van der Waals surface area contributed by atoms with Crippen molar-refractivity contribution in [3.63, 3.8) is 0 Å². The Morgan fingerprint density at radius 2 is 2.15 bits per heavy atom. The molecule has 2 rings (SSSR count). The van der Waals surface area contributed by atoms with Gasteiger partial charge in [-0.3, -0.25) is 4.99 Å². The van der Waals surface area contributed by atoms with Gasteiger partial charge in [0.15, 0.2) is 6.29 Å². The van der Waals surface area contributed by atoms with Crippen molar-refractivity contribution in [1.82, 2.24) is 0 Å². The standard InChI is InChI=1S/C8H9FINO2/c9-6-8(10,2-1-3-11-6)7-12-4-5-13-7/h1-3,6-7H,4-5H2. The van der Waals surface area contributed by atoms with E-state index >= 15 is 0 Å². The summed E-state index contributed by atoms with van der Waals surface area (Å²) in [4.78, 5) is 3.68. The Hall–Kier alpha value is -0.0100. The van der Waals surface area contributed by atoms with Gasteiger partial charge in [-0.2, -0.15) is 0 Å². The lowest BCUT2D eigenvalue weighted by atomic mass is 10.1. The number of aliphatic imine (C=N–C) groups is 1. The van der Waals surface area contributed by atoms with E-state index in [1.165, 1.54) is 6.21 Å². The summed E-state index contributed by atoms with van der Waals surface area (Å²) in [5, 5.41) is 0. The van der Waals surface area contributed by atoms with Crippen LogP contribution < -0.4 is 0 Å². The molecule has 0 saturated carbocycles. The Balaban J connectivity index is 2.18. The van der Waals surface area contributed by atoms with Gasteiger partial charge in [-0.25, -0.2) is 4.39 Å². The van der Waals surface area contributed by atoms with Gasteiger partial charge in [0.1, 0.15) is 3.42 Å². The number of hydrogen-bond donors (Lipinski definition) is 0. The smallest absolute Gasteiger partial charge is 0.212 e. The van der Waals surface area contributed by atoms with Crippen LogP contribution >= 0.6 is 22.6 Å². The predicted molar refractivity (Wildman–Crippen MR) is 55.0 cm³/mol. The van der Waals surface area contributed by atoms with Crippen LogP contribution in [0, 0.1) is 0 Å². The van der Waals surface area contributed by atoms with Crippen molar-refractivity contribution >= 4 is 28.8 Å². The summed E-state index contributed by atoms with van der Waals surface area (Å²) >= 11 is 1.99. The van der Waals surface area contributed by atoms with E-state index in [1.807, 2.05) is 22.6 Å². The average Bonchev–Trinajstić information content (AvgIpc) is 2.63. The maximum Gasteiger partial charge on any atom is 0.212 e. The molecule has 0 radical (unpaired) electrons. The minimum absolute atomic E-state index is 0.517. The first-order chi connectivity index (χ1) is 6.23. The van der Waals surface area contributed by atoms with Crippen molar-refractivity contribution in [2.24, 2.45) is 4.99 Å². The van der Waals surface area contributed by atoms with Gasteiger partial charge in [-0.15, -0.1) is 0 Å². The van der Waals surface area contributed by atoms with Crippen LogP contribution in [0.15, 0.2) is 17.1 Å². The Morgan fingerprint density at radius 1 is 1.46 bits per heavy atom. The molecule has 0 aliphatic carbocycles. The minimum atomic E-state index is -1.29. The third-order valence-electron chi connectivity index (χ3n) is 2.00. The van der Waals surface area contributed by atoms with Crippen molar-refractivity contribution in [1.29, 1.82) is 0 Å². The van der Waals surface area contributed by atoms with Gasteiger partial charge in [0.25, 0.3) is 0 Å². The predicted octanol–water partition coefficient (Wildman–Crippen LogP) is 1.47. The summed E-state index contributed by atoms with van der Waals surface area (Å²) in [6, 6.07) is 0. The van der Waals surface area contributed by atoms with Crippen molar-refractivity contribution in [3.05, 3.63) is 12.2 Å². The first-order valence-electron chi connectivity index (χ1n) is 4.01. The number of rotatable bonds is 1. The van der Waals surface area contributed by atoms with Gasteiger partial charge in [-0.05, 0) is 6.08 Å². The molecule has 0 aromatic carbocycles. The fourth-order valence-electron chi connectivity index (χ4n) is 1.31. The van der Waals surface area contributed by atoms with Gasteiger partial charge in [0.05, 0.1) is 13.2 Å². The second kappa shape index (κ2) is 3.62. The van der Waals surface area contributed by atoms with E-state index < -0.39 is 16.0 Å². The highest BCUT2D eigenvalue weighted by Gasteiger charge is 2.46. The maximum atomic E-state index is 13.5. The van der Waals surface area contributed by atoms with Gasteiger partial charge in [0, 0.05) is 6.21 Å². The Bertz CT molecular complexity index is 253. The molecule has 0 bridgehead atoms. The number of halogens is 2. The molecule has 13 heavy (non-hydrogen) atoms. The Kier molecular flexibility index (Phi) is 2.66. The number of dihydropyridines is 1. The summed E-state index contributed by atoms with van der Waals surface area (Å²) in [6.45, 7) is 1.05. The first kappa shape index (κ1) is 9.54. The molecule has 1 saturated heterocycles. The Morgan fingerprint density at radius 3 is 2.77 bits per heavy atom. The topological polar surface area (TPSA) is 30.8 Å². The van der Waals surface area contributed by atoms with E-state index in [0.717, 1.165) is 0 Å². The number of hydrogen-bond acceptors (Lipinski definition) is 3. The lowest BCUT2D eigenvalue weighted by molar-refractivity contribution is -0.0686. The van der Waals surface area contributed by atoms with Crippen LogP contribution in [0.25, 0.3) is 0 Å². The molecule has 2 unspecified atom stereocenters. The van der Waals surface area contributed by atoms with Crippen LogP contribution in [0.5, 0.6) is 0 Å². The number of allylic oxidation sites excluding steroid dienone is 1. The van der Waals surface area contributed by atoms with E-state index in [1.54, 1.807) is 12.2 Å². The second-order valence-electron chi connectivity index (χ2n) is 2.89. The fourth-order valence-corrected chi connectivity index (χ4v) is 2.04. The van der Waals surface area contributed by atoms with Crippen LogP contribution in [0.4, 0.5) is 4.39 Å². The number of alkyl halides is 2. The molecule has 72 valence electrons. The van der Waals surface area contributed by atoms with Crippen LogP contribution in [0.3, 0.4) is 0 Å². The first-order valence-corrected chi connectivity index (χ1v) is 5.08. The minimum Gasteiger partial charge on any atom is -0.348 e. The van der Waals surface area contributed by atoms with E-state index in [0.29, 0.717) is 13.2 Å². The number of ether oxygens (including phenoxy) is 2. The third-order valence-corrected chi connectivity index (χ3v) is 3.38. The highest BCUT2D eigenvalue weighted by molar-refractivity contribution is 14.1. The van der Waals surface area contributed by atoms with Crippen LogP contribution in [0.1, 0.15) is 0 Å². The van der Waals surface area contributed by atoms with Crippen molar-refractivity contribution in [3.8, 4) is 0 Å². The molecule has 0 N–H and O–H groups in total. The highest BCUT2D eigenvalue weighted by Crippen LogP contribution is 2.37.